The molecule has 3 fully saturated rings. The van der Waals surface area contributed by atoms with E-state index < -0.39 is 0 Å². The first-order chi connectivity index (χ1) is 11.9. The Morgan fingerprint density at radius 3 is 2.60 bits per heavy atom. The molecule has 3 aliphatic rings. The van der Waals surface area contributed by atoms with Crippen LogP contribution in [0.4, 0.5) is 5.69 Å². The summed E-state index contributed by atoms with van der Waals surface area (Å²) in [6.45, 7) is 6.88. The molecule has 1 aromatic heterocycles. The van der Waals surface area contributed by atoms with Crippen LogP contribution in [-0.2, 0) is 0 Å². The maximum absolute atomic E-state index is 12.9. The van der Waals surface area contributed by atoms with Crippen LogP contribution in [0.5, 0.6) is 0 Å². The van der Waals surface area contributed by atoms with E-state index in [-0.39, 0.29) is 17.5 Å². The van der Waals surface area contributed by atoms with E-state index >= 15 is 0 Å². The van der Waals surface area contributed by atoms with Gasteiger partial charge in [0.25, 0.3) is 5.91 Å². The summed E-state index contributed by atoms with van der Waals surface area (Å²) < 4.78 is 1.17. The topological polar surface area (TPSA) is 35.6 Å². The number of carbonyl (C=O) groups is 1. The van der Waals surface area contributed by atoms with Crippen LogP contribution in [0.25, 0.3) is 10.1 Å². The fourth-order valence-corrected chi connectivity index (χ4v) is 5.50. The Bertz CT molecular complexity index is 802. The minimum Gasteiger partial charge on any atom is -0.378 e. The molecule has 2 aromatic rings. The lowest BCUT2D eigenvalue weighted by atomic mass is 9.72. The van der Waals surface area contributed by atoms with Gasteiger partial charge in [-0.2, -0.15) is 0 Å². The molecule has 25 heavy (non-hydrogen) atoms. The lowest BCUT2D eigenvalue weighted by Crippen LogP contribution is -2.69. The molecule has 1 aromatic carbocycles. The summed E-state index contributed by atoms with van der Waals surface area (Å²) in [4.78, 5) is 18.4. The predicted octanol–water partition coefficient (Wildman–Crippen LogP) is 3.57. The minimum absolute atomic E-state index is 0.0472. The van der Waals surface area contributed by atoms with Crippen molar-refractivity contribution in [2.24, 2.45) is 5.92 Å². The largest absolute Gasteiger partial charge is 0.378 e. The molecule has 3 aliphatic heterocycles. The summed E-state index contributed by atoms with van der Waals surface area (Å²) in [6, 6.07) is 8.65. The summed E-state index contributed by atoms with van der Waals surface area (Å²) in [5, 5.41) is 4.52. The summed E-state index contributed by atoms with van der Waals surface area (Å²) >= 11 is 1.59. The molecule has 1 amide bonds. The molecule has 2 bridgehead atoms. The number of carbonyl (C=O) groups excluding carboxylic acids is 1. The molecular weight excluding hydrogens is 330 g/mol. The molecule has 5 rings (SSSR count). The Morgan fingerprint density at radius 2 is 1.96 bits per heavy atom. The van der Waals surface area contributed by atoms with Crippen LogP contribution >= 0.6 is 11.3 Å². The number of thiophene rings is 1. The molecule has 0 aliphatic carbocycles. The van der Waals surface area contributed by atoms with Gasteiger partial charge in [-0.25, -0.2) is 0 Å². The van der Waals surface area contributed by atoms with Crippen LogP contribution < -0.4 is 10.2 Å². The van der Waals surface area contributed by atoms with E-state index in [1.807, 2.05) is 20.2 Å². The highest BCUT2D eigenvalue weighted by Crippen LogP contribution is 2.39. The first kappa shape index (κ1) is 16.9. The molecule has 0 saturated carbocycles. The van der Waals surface area contributed by atoms with Gasteiger partial charge in [-0.15, -0.1) is 11.3 Å². The number of benzene rings is 1. The standard InChI is InChI=1S/C20H27N3OS/c1-20(2)18(13-7-9-23(20)10-8-13)21-19(24)17-11-14-5-6-15(22(3)4)12-16(14)25-17/h5-6,11-13,18H,7-10H2,1-4H3,(H,21,24). The Morgan fingerprint density at radius 1 is 1.24 bits per heavy atom. The molecule has 4 nitrogen and oxygen atoms in total. The number of anilines is 1. The molecule has 0 radical (unpaired) electrons. The molecule has 1 atom stereocenters. The SMILES string of the molecule is CN(C)c1ccc2cc(C(=O)NC3C4CCN(CC4)C3(C)C)sc2c1. The van der Waals surface area contributed by atoms with Gasteiger partial charge >= 0.3 is 0 Å². The number of hydrogen-bond donors (Lipinski definition) is 1. The van der Waals surface area contributed by atoms with Gasteiger partial charge in [-0.05, 0) is 69.3 Å². The number of hydrogen-bond acceptors (Lipinski definition) is 4. The zero-order valence-corrected chi connectivity index (χ0v) is 16.3. The van der Waals surface area contributed by atoms with Crippen molar-refractivity contribution in [2.75, 3.05) is 32.1 Å². The minimum atomic E-state index is 0.0472. The van der Waals surface area contributed by atoms with Gasteiger partial charge in [0, 0.05) is 36.1 Å². The van der Waals surface area contributed by atoms with Gasteiger partial charge in [0.2, 0.25) is 0 Å². The third kappa shape index (κ3) is 2.83. The van der Waals surface area contributed by atoms with Crippen molar-refractivity contribution in [2.45, 2.75) is 38.3 Å². The molecule has 3 saturated heterocycles. The van der Waals surface area contributed by atoms with Gasteiger partial charge in [-0.3, -0.25) is 9.69 Å². The number of piperidine rings is 3. The van der Waals surface area contributed by atoms with Crippen molar-refractivity contribution in [1.29, 1.82) is 0 Å². The summed E-state index contributed by atoms with van der Waals surface area (Å²) in [7, 11) is 4.08. The quantitative estimate of drug-likeness (QED) is 0.912. The number of amides is 1. The second kappa shape index (κ2) is 5.99. The lowest BCUT2D eigenvalue weighted by Gasteiger charge is -2.56. The zero-order chi connectivity index (χ0) is 17.8. The van der Waals surface area contributed by atoms with Crippen LogP contribution in [0.1, 0.15) is 36.4 Å². The Balaban J connectivity index is 1.58. The summed E-state index contributed by atoms with van der Waals surface area (Å²) in [6.07, 6.45) is 2.40. The highest BCUT2D eigenvalue weighted by molar-refractivity contribution is 7.20. The van der Waals surface area contributed by atoms with Crippen LogP contribution in [-0.4, -0.2) is 49.6 Å². The number of nitrogens with zero attached hydrogens (tertiary/aromatic N) is 2. The normalized spacial score (nSPS) is 27.4. The van der Waals surface area contributed by atoms with E-state index in [0.29, 0.717) is 5.92 Å². The highest BCUT2D eigenvalue weighted by atomic mass is 32.1. The van der Waals surface area contributed by atoms with E-state index in [2.05, 4.69) is 47.2 Å². The molecule has 0 spiro atoms. The van der Waals surface area contributed by atoms with Gasteiger partial charge < -0.3 is 10.2 Å². The van der Waals surface area contributed by atoms with Gasteiger partial charge in [-0.1, -0.05) is 6.07 Å². The maximum atomic E-state index is 12.9. The van der Waals surface area contributed by atoms with E-state index in [1.165, 1.54) is 36.3 Å². The first-order valence-electron chi connectivity index (χ1n) is 9.13. The predicted molar refractivity (Wildman–Crippen MR) is 106 cm³/mol. The summed E-state index contributed by atoms with van der Waals surface area (Å²) in [5.41, 5.74) is 1.21. The van der Waals surface area contributed by atoms with E-state index in [0.717, 1.165) is 10.3 Å². The second-order valence-electron chi connectivity index (χ2n) is 8.16. The molecular formula is C20H27N3OS. The Kier molecular flexibility index (Phi) is 4.04. The monoisotopic (exact) mass is 357 g/mol. The van der Waals surface area contributed by atoms with Crippen LogP contribution in [0.2, 0.25) is 0 Å². The summed E-state index contributed by atoms with van der Waals surface area (Å²) in [5.74, 6) is 0.693. The first-order valence-corrected chi connectivity index (χ1v) is 9.95. The van der Waals surface area contributed by atoms with Crippen LogP contribution in [0.3, 0.4) is 0 Å². The van der Waals surface area contributed by atoms with Crippen molar-refractivity contribution < 1.29 is 4.79 Å². The van der Waals surface area contributed by atoms with Gasteiger partial charge in [0.15, 0.2) is 0 Å². The van der Waals surface area contributed by atoms with Crippen molar-refractivity contribution in [3.63, 3.8) is 0 Å². The fraction of sp³-hybridized carbons (Fsp3) is 0.550. The van der Waals surface area contributed by atoms with Gasteiger partial charge in [0.05, 0.1) is 4.88 Å². The average molecular weight is 358 g/mol. The molecule has 4 heterocycles. The number of fused-ring (bicyclic) bond motifs is 4. The maximum Gasteiger partial charge on any atom is 0.261 e. The molecule has 5 heteroatoms. The third-order valence-electron chi connectivity index (χ3n) is 6.12. The van der Waals surface area contributed by atoms with Crippen molar-refractivity contribution in [1.82, 2.24) is 10.2 Å². The molecule has 1 N–H and O–H groups in total. The fourth-order valence-electron chi connectivity index (χ4n) is 4.50. The van der Waals surface area contributed by atoms with Gasteiger partial charge in [0.1, 0.15) is 0 Å². The molecule has 1 unspecified atom stereocenters. The smallest absolute Gasteiger partial charge is 0.261 e. The zero-order valence-electron chi connectivity index (χ0n) is 15.5. The second-order valence-corrected chi connectivity index (χ2v) is 9.24. The van der Waals surface area contributed by atoms with Crippen LogP contribution in [0.15, 0.2) is 24.3 Å². The highest BCUT2D eigenvalue weighted by Gasteiger charge is 2.48. The Labute approximate surface area is 153 Å². The van der Waals surface area contributed by atoms with Crippen molar-refractivity contribution in [3.8, 4) is 0 Å². The van der Waals surface area contributed by atoms with Crippen LogP contribution in [0, 0.1) is 5.92 Å². The van der Waals surface area contributed by atoms with Crippen molar-refractivity contribution >= 4 is 33.0 Å². The lowest BCUT2D eigenvalue weighted by molar-refractivity contribution is -0.0377. The third-order valence-corrected chi connectivity index (χ3v) is 7.21. The molecule has 134 valence electrons. The van der Waals surface area contributed by atoms with E-state index in [1.54, 1.807) is 11.3 Å². The average Bonchev–Trinajstić information content (AvgIpc) is 3.01. The number of nitrogens with one attached hydrogen (secondary N) is 1. The van der Waals surface area contributed by atoms with Crippen molar-refractivity contribution in [3.05, 3.63) is 29.1 Å². The van der Waals surface area contributed by atoms with E-state index in [9.17, 15) is 4.79 Å². The number of rotatable bonds is 3. The van der Waals surface area contributed by atoms with E-state index in [4.69, 9.17) is 0 Å². The Hall–Kier alpha value is -1.59.